The second kappa shape index (κ2) is 5.76. The van der Waals surface area contributed by atoms with E-state index in [1.807, 2.05) is 0 Å². The summed E-state index contributed by atoms with van der Waals surface area (Å²) in [6.45, 7) is 2.41. The van der Waals surface area contributed by atoms with Gasteiger partial charge in [0.05, 0.1) is 31.0 Å². The lowest BCUT2D eigenvalue weighted by atomic mass is 10.4. The molecular weight excluding hydrogens is 246 g/mol. The third-order valence-corrected chi connectivity index (χ3v) is 2.67. The van der Waals surface area contributed by atoms with E-state index in [1.54, 1.807) is 6.92 Å². The predicted octanol–water partition coefficient (Wildman–Crippen LogP) is -0.224. The predicted molar refractivity (Wildman–Crippen MR) is 59.8 cm³/mol. The third-order valence-electron chi connectivity index (χ3n) is 1.85. The van der Waals surface area contributed by atoms with E-state index in [9.17, 15) is 13.2 Å². The molecule has 1 aromatic heterocycles. The van der Waals surface area contributed by atoms with Gasteiger partial charge < -0.3 is 4.74 Å². The van der Waals surface area contributed by atoms with Crippen LogP contribution in [0.3, 0.4) is 0 Å². The molecule has 0 saturated carbocycles. The fourth-order valence-electron chi connectivity index (χ4n) is 1.22. The van der Waals surface area contributed by atoms with Gasteiger partial charge in [-0.1, -0.05) is 5.21 Å². The van der Waals surface area contributed by atoms with Gasteiger partial charge in [0, 0.05) is 12.5 Å². The van der Waals surface area contributed by atoms with Gasteiger partial charge in [0.1, 0.15) is 0 Å². The van der Waals surface area contributed by atoms with E-state index < -0.39 is 9.84 Å². The Bertz CT molecular complexity index is 480. The van der Waals surface area contributed by atoms with Crippen LogP contribution in [0.5, 0.6) is 0 Å². The summed E-state index contributed by atoms with van der Waals surface area (Å²) in [7, 11) is -3.11. The molecule has 0 aromatic carbocycles. The Labute approximate surface area is 99.7 Å². The first-order chi connectivity index (χ1) is 7.90. The molecule has 0 atom stereocenters. The number of aromatic nitrogens is 3. The lowest BCUT2D eigenvalue weighted by molar-refractivity contribution is -0.143. The molecule has 1 heterocycles. The van der Waals surface area contributed by atoms with Crippen molar-refractivity contribution in [3.8, 4) is 0 Å². The maximum Gasteiger partial charge on any atom is 0.307 e. The number of aryl methyl sites for hydroxylation is 1. The first-order valence-corrected chi connectivity index (χ1v) is 7.19. The Balaban J connectivity index is 2.49. The van der Waals surface area contributed by atoms with Crippen molar-refractivity contribution < 1.29 is 17.9 Å². The number of nitrogens with zero attached hydrogens (tertiary/aromatic N) is 3. The number of carbonyl (C=O) groups excluding carboxylic acids is 1. The van der Waals surface area contributed by atoms with E-state index in [-0.39, 0.29) is 18.1 Å². The molecule has 1 aromatic rings. The number of hydrogen-bond acceptors (Lipinski definition) is 6. The number of esters is 1. The zero-order valence-electron chi connectivity index (χ0n) is 9.79. The summed E-state index contributed by atoms with van der Waals surface area (Å²) in [4.78, 5) is 11.1. The van der Waals surface area contributed by atoms with Crippen LogP contribution in [0, 0.1) is 0 Å². The summed E-state index contributed by atoms with van der Waals surface area (Å²) in [6, 6.07) is 0. The number of sulfone groups is 1. The maximum absolute atomic E-state index is 11.1. The van der Waals surface area contributed by atoms with E-state index in [0.717, 1.165) is 6.26 Å². The molecule has 0 bridgehead atoms. The van der Waals surface area contributed by atoms with Crippen LogP contribution < -0.4 is 0 Å². The highest BCUT2D eigenvalue weighted by atomic mass is 32.2. The van der Waals surface area contributed by atoms with Crippen molar-refractivity contribution in [2.45, 2.75) is 25.6 Å². The highest BCUT2D eigenvalue weighted by molar-refractivity contribution is 7.89. The average molecular weight is 261 g/mol. The van der Waals surface area contributed by atoms with Gasteiger partial charge in [0.2, 0.25) is 0 Å². The lowest BCUT2D eigenvalue weighted by Crippen LogP contribution is -2.09. The van der Waals surface area contributed by atoms with Crippen LogP contribution in [-0.2, 0) is 31.7 Å². The summed E-state index contributed by atoms with van der Waals surface area (Å²) in [5.74, 6) is -0.459. The minimum absolute atomic E-state index is 0.146. The van der Waals surface area contributed by atoms with Crippen LogP contribution in [0.2, 0.25) is 0 Å². The van der Waals surface area contributed by atoms with Gasteiger partial charge in [-0.3, -0.25) is 9.48 Å². The Kier molecular flexibility index (Phi) is 4.62. The van der Waals surface area contributed by atoms with E-state index in [2.05, 4.69) is 10.3 Å². The van der Waals surface area contributed by atoms with Crippen molar-refractivity contribution in [1.29, 1.82) is 0 Å². The Morgan fingerprint density at radius 1 is 1.53 bits per heavy atom. The van der Waals surface area contributed by atoms with E-state index in [1.165, 1.54) is 10.9 Å². The van der Waals surface area contributed by atoms with Gasteiger partial charge in [-0.05, 0) is 6.92 Å². The summed E-state index contributed by atoms with van der Waals surface area (Å²) < 4.78 is 28.2. The van der Waals surface area contributed by atoms with E-state index in [4.69, 9.17) is 4.74 Å². The summed E-state index contributed by atoms with van der Waals surface area (Å²) in [5, 5.41) is 7.43. The molecule has 0 aliphatic carbocycles. The average Bonchev–Trinajstić information content (AvgIpc) is 2.60. The van der Waals surface area contributed by atoms with E-state index in [0.29, 0.717) is 18.8 Å². The van der Waals surface area contributed by atoms with E-state index >= 15 is 0 Å². The highest BCUT2D eigenvalue weighted by Crippen LogP contribution is 2.01. The Morgan fingerprint density at radius 3 is 2.82 bits per heavy atom. The number of ether oxygens (including phenoxy) is 1. The van der Waals surface area contributed by atoms with Crippen molar-refractivity contribution in [1.82, 2.24) is 15.0 Å². The van der Waals surface area contributed by atoms with Gasteiger partial charge in [-0.2, -0.15) is 0 Å². The van der Waals surface area contributed by atoms with Gasteiger partial charge in [-0.25, -0.2) is 8.42 Å². The Morgan fingerprint density at radius 2 is 2.24 bits per heavy atom. The van der Waals surface area contributed by atoms with Gasteiger partial charge >= 0.3 is 5.97 Å². The molecule has 7 nitrogen and oxygen atoms in total. The molecule has 0 fully saturated rings. The standard InChI is InChI=1S/C9H15N3O4S/c1-3-16-9(13)4-5-12-6-8(10-11-12)7-17(2,14)15/h6H,3-5,7H2,1-2H3. The van der Waals surface area contributed by atoms with Crippen LogP contribution in [0.15, 0.2) is 6.20 Å². The first kappa shape index (κ1) is 13.6. The van der Waals surface area contributed by atoms with Gasteiger partial charge in [0.25, 0.3) is 0 Å². The highest BCUT2D eigenvalue weighted by Gasteiger charge is 2.09. The van der Waals surface area contributed by atoms with Crippen molar-refractivity contribution in [3.05, 3.63) is 11.9 Å². The summed E-state index contributed by atoms with van der Waals surface area (Å²) in [6.07, 6.45) is 2.83. The van der Waals surface area contributed by atoms with Crippen LogP contribution in [0.4, 0.5) is 0 Å². The second-order valence-corrected chi connectivity index (χ2v) is 5.74. The SMILES string of the molecule is CCOC(=O)CCn1cc(CS(C)(=O)=O)nn1. The first-order valence-electron chi connectivity index (χ1n) is 5.13. The molecule has 17 heavy (non-hydrogen) atoms. The minimum atomic E-state index is -3.11. The maximum atomic E-state index is 11.1. The molecule has 0 amide bonds. The summed E-state index contributed by atoms with van der Waals surface area (Å²) >= 11 is 0. The molecule has 1 rings (SSSR count). The van der Waals surface area contributed by atoms with Crippen molar-refractivity contribution in [2.24, 2.45) is 0 Å². The molecule has 0 N–H and O–H groups in total. The summed E-state index contributed by atoms with van der Waals surface area (Å²) in [5.41, 5.74) is 0.372. The van der Waals surface area contributed by atoms with Crippen molar-refractivity contribution >= 4 is 15.8 Å². The molecule has 0 aliphatic rings. The smallest absolute Gasteiger partial charge is 0.307 e. The van der Waals surface area contributed by atoms with Crippen LogP contribution >= 0.6 is 0 Å². The number of carbonyl (C=O) groups is 1. The fourth-order valence-corrected chi connectivity index (χ4v) is 1.89. The molecule has 0 saturated heterocycles. The molecule has 0 aliphatic heterocycles. The molecular formula is C9H15N3O4S. The number of hydrogen-bond donors (Lipinski definition) is 0. The van der Waals surface area contributed by atoms with Crippen LogP contribution in [-0.4, -0.2) is 42.2 Å². The zero-order chi connectivity index (χ0) is 12.9. The monoisotopic (exact) mass is 261 g/mol. The van der Waals surface area contributed by atoms with Crippen LogP contribution in [0.25, 0.3) is 0 Å². The fraction of sp³-hybridized carbons (Fsp3) is 0.667. The largest absolute Gasteiger partial charge is 0.466 e. The van der Waals surface area contributed by atoms with Crippen molar-refractivity contribution in [3.63, 3.8) is 0 Å². The van der Waals surface area contributed by atoms with Crippen LogP contribution in [0.1, 0.15) is 19.0 Å². The second-order valence-electron chi connectivity index (χ2n) is 3.60. The van der Waals surface area contributed by atoms with Gasteiger partial charge in [0.15, 0.2) is 9.84 Å². The topological polar surface area (TPSA) is 91.2 Å². The quantitative estimate of drug-likeness (QED) is 0.657. The minimum Gasteiger partial charge on any atom is -0.466 e. The molecule has 0 radical (unpaired) electrons. The normalized spacial score (nSPS) is 11.4. The molecule has 8 heteroatoms. The molecule has 0 unspecified atom stereocenters. The lowest BCUT2D eigenvalue weighted by Gasteiger charge is -2.00. The Hall–Kier alpha value is -1.44. The third kappa shape index (κ3) is 5.43. The van der Waals surface area contributed by atoms with Crippen molar-refractivity contribution in [2.75, 3.05) is 12.9 Å². The molecule has 0 spiro atoms. The zero-order valence-corrected chi connectivity index (χ0v) is 10.6. The molecule has 96 valence electrons. The van der Waals surface area contributed by atoms with Gasteiger partial charge in [-0.15, -0.1) is 5.10 Å². The number of rotatable bonds is 6.